The van der Waals surface area contributed by atoms with Crippen LogP contribution in [0.3, 0.4) is 0 Å². The molecule has 0 saturated carbocycles. The molecule has 14 heavy (non-hydrogen) atoms. The number of hydrogen-bond donors (Lipinski definition) is 1. The molecule has 0 fully saturated rings. The van der Waals surface area contributed by atoms with Crippen LogP contribution in [0.1, 0.15) is 34.6 Å². The van der Waals surface area contributed by atoms with E-state index in [-0.39, 0.29) is 5.54 Å². The highest BCUT2D eigenvalue weighted by Gasteiger charge is 2.24. The first kappa shape index (κ1) is 13.7. The summed E-state index contributed by atoms with van der Waals surface area (Å²) in [6, 6.07) is 0.453. The fourth-order valence-corrected chi connectivity index (χ4v) is 1.36. The number of rotatable bonds is 4. The molecule has 0 aliphatic heterocycles. The lowest BCUT2D eigenvalue weighted by Crippen LogP contribution is -2.41. The first-order valence-corrected chi connectivity index (χ1v) is 5.27. The fraction of sp³-hybridized carbons (Fsp3) is 0.833. The quantitative estimate of drug-likeness (QED) is 0.697. The van der Waals surface area contributed by atoms with Gasteiger partial charge in [0.15, 0.2) is 0 Å². The third kappa shape index (κ3) is 2.82. The van der Waals surface area contributed by atoms with Crippen LogP contribution in [0.25, 0.3) is 0 Å². The maximum atomic E-state index is 3.28. The standard InChI is InChI=1S/C12H26N2/c1-9(11(3)13-6)10(2)12(4,5)14(7)8/h11,13H,1-8H3/b10-9-. The Morgan fingerprint density at radius 3 is 1.93 bits per heavy atom. The molecule has 2 nitrogen and oxygen atoms in total. The number of nitrogens with zero attached hydrogens (tertiary/aromatic N) is 1. The average molecular weight is 198 g/mol. The molecule has 0 saturated heterocycles. The van der Waals surface area contributed by atoms with Crippen LogP contribution in [0.5, 0.6) is 0 Å². The van der Waals surface area contributed by atoms with Gasteiger partial charge in [-0.25, -0.2) is 0 Å². The van der Waals surface area contributed by atoms with Crippen molar-refractivity contribution in [2.75, 3.05) is 21.1 Å². The van der Waals surface area contributed by atoms with Crippen LogP contribution >= 0.6 is 0 Å². The van der Waals surface area contributed by atoms with E-state index in [1.807, 2.05) is 7.05 Å². The van der Waals surface area contributed by atoms with E-state index in [2.05, 4.69) is 58.9 Å². The summed E-state index contributed by atoms with van der Waals surface area (Å²) in [5.41, 5.74) is 3.02. The molecule has 0 radical (unpaired) electrons. The van der Waals surface area contributed by atoms with E-state index in [9.17, 15) is 0 Å². The molecule has 0 bridgehead atoms. The molecular formula is C12H26N2. The van der Waals surface area contributed by atoms with Crippen molar-refractivity contribution >= 4 is 0 Å². The smallest absolute Gasteiger partial charge is 0.0358 e. The molecule has 0 aromatic rings. The van der Waals surface area contributed by atoms with E-state index in [4.69, 9.17) is 0 Å². The zero-order valence-electron chi connectivity index (χ0n) is 11.0. The topological polar surface area (TPSA) is 15.3 Å². The SMILES string of the molecule is CNC(C)/C(C)=C(/C)C(C)(C)N(C)C. The molecule has 1 atom stereocenters. The largest absolute Gasteiger partial charge is 0.314 e. The fourth-order valence-electron chi connectivity index (χ4n) is 1.36. The maximum absolute atomic E-state index is 3.28. The number of likely N-dealkylation sites (N-methyl/N-ethyl adjacent to an activating group) is 2. The highest BCUT2D eigenvalue weighted by Crippen LogP contribution is 2.25. The zero-order chi connectivity index (χ0) is 11.5. The van der Waals surface area contributed by atoms with Crippen molar-refractivity contribution < 1.29 is 0 Å². The van der Waals surface area contributed by atoms with Gasteiger partial charge in [-0.15, -0.1) is 0 Å². The second-order valence-electron chi connectivity index (χ2n) is 4.77. The Morgan fingerprint density at radius 2 is 1.64 bits per heavy atom. The molecule has 0 spiro atoms. The van der Waals surface area contributed by atoms with Gasteiger partial charge in [-0.1, -0.05) is 11.1 Å². The third-order valence-electron chi connectivity index (χ3n) is 3.71. The van der Waals surface area contributed by atoms with Crippen molar-refractivity contribution in [3.63, 3.8) is 0 Å². The first-order chi connectivity index (χ1) is 6.25. The molecule has 0 heterocycles. The molecule has 2 heteroatoms. The lowest BCUT2D eigenvalue weighted by molar-refractivity contribution is 0.235. The lowest BCUT2D eigenvalue weighted by atomic mass is 9.88. The van der Waals surface area contributed by atoms with Crippen LogP contribution in [0, 0.1) is 0 Å². The summed E-state index contributed by atoms with van der Waals surface area (Å²) in [6.45, 7) is 11.2. The summed E-state index contributed by atoms with van der Waals surface area (Å²) in [6.07, 6.45) is 0. The van der Waals surface area contributed by atoms with Crippen LogP contribution in [0.2, 0.25) is 0 Å². The van der Waals surface area contributed by atoms with Gasteiger partial charge in [0, 0.05) is 11.6 Å². The Kier molecular flexibility index (Phi) is 4.82. The third-order valence-corrected chi connectivity index (χ3v) is 3.71. The summed E-state index contributed by atoms with van der Waals surface area (Å²) in [7, 11) is 6.26. The van der Waals surface area contributed by atoms with Crippen molar-refractivity contribution in [1.29, 1.82) is 0 Å². The minimum atomic E-state index is 0.134. The maximum Gasteiger partial charge on any atom is 0.0358 e. The monoisotopic (exact) mass is 198 g/mol. The average Bonchev–Trinajstić information content (AvgIpc) is 2.13. The van der Waals surface area contributed by atoms with Gasteiger partial charge in [0.2, 0.25) is 0 Å². The Morgan fingerprint density at radius 1 is 1.21 bits per heavy atom. The van der Waals surface area contributed by atoms with Crippen LogP contribution < -0.4 is 5.32 Å². The van der Waals surface area contributed by atoms with Gasteiger partial charge < -0.3 is 10.2 Å². The van der Waals surface area contributed by atoms with Gasteiger partial charge in [-0.05, 0) is 55.8 Å². The van der Waals surface area contributed by atoms with Crippen LogP contribution in [-0.4, -0.2) is 37.6 Å². The highest BCUT2D eigenvalue weighted by molar-refractivity contribution is 5.24. The van der Waals surface area contributed by atoms with E-state index < -0.39 is 0 Å². The van der Waals surface area contributed by atoms with Gasteiger partial charge in [0.1, 0.15) is 0 Å². The second kappa shape index (κ2) is 4.94. The normalized spacial score (nSPS) is 16.9. The summed E-state index contributed by atoms with van der Waals surface area (Å²) >= 11 is 0. The minimum Gasteiger partial charge on any atom is -0.314 e. The molecule has 0 rings (SSSR count). The van der Waals surface area contributed by atoms with Crippen molar-refractivity contribution in [3.05, 3.63) is 11.1 Å². The van der Waals surface area contributed by atoms with Crippen LogP contribution in [0.4, 0.5) is 0 Å². The Labute approximate surface area is 89.4 Å². The van der Waals surface area contributed by atoms with E-state index in [1.54, 1.807) is 0 Å². The summed E-state index contributed by atoms with van der Waals surface area (Å²) < 4.78 is 0. The summed E-state index contributed by atoms with van der Waals surface area (Å²) in [5.74, 6) is 0. The molecular weight excluding hydrogens is 172 g/mol. The van der Waals surface area contributed by atoms with Crippen molar-refractivity contribution in [2.24, 2.45) is 0 Å². The molecule has 0 aliphatic rings. The molecule has 0 amide bonds. The lowest BCUT2D eigenvalue weighted by Gasteiger charge is -2.36. The number of nitrogens with one attached hydrogen (secondary N) is 1. The Balaban J connectivity index is 4.98. The number of hydrogen-bond acceptors (Lipinski definition) is 2. The first-order valence-electron chi connectivity index (χ1n) is 5.27. The zero-order valence-corrected chi connectivity index (χ0v) is 11.0. The summed E-state index contributed by atoms with van der Waals surface area (Å²) in [4.78, 5) is 2.26. The Hall–Kier alpha value is -0.340. The molecule has 0 aromatic carbocycles. The van der Waals surface area contributed by atoms with E-state index in [0.717, 1.165) is 0 Å². The van der Waals surface area contributed by atoms with Crippen molar-refractivity contribution in [2.45, 2.75) is 46.2 Å². The van der Waals surface area contributed by atoms with Gasteiger partial charge >= 0.3 is 0 Å². The van der Waals surface area contributed by atoms with E-state index in [0.29, 0.717) is 6.04 Å². The van der Waals surface area contributed by atoms with Crippen LogP contribution in [-0.2, 0) is 0 Å². The van der Waals surface area contributed by atoms with Gasteiger partial charge in [-0.3, -0.25) is 0 Å². The van der Waals surface area contributed by atoms with Crippen molar-refractivity contribution in [1.82, 2.24) is 10.2 Å². The predicted molar refractivity (Wildman–Crippen MR) is 64.7 cm³/mol. The molecule has 1 N–H and O–H groups in total. The highest BCUT2D eigenvalue weighted by atomic mass is 15.1. The molecule has 0 aromatic heterocycles. The van der Waals surface area contributed by atoms with Crippen LogP contribution in [0.15, 0.2) is 11.1 Å². The van der Waals surface area contributed by atoms with Gasteiger partial charge in [0.25, 0.3) is 0 Å². The van der Waals surface area contributed by atoms with Gasteiger partial charge in [-0.2, -0.15) is 0 Å². The molecule has 0 aliphatic carbocycles. The summed E-state index contributed by atoms with van der Waals surface area (Å²) in [5, 5.41) is 3.28. The van der Waals surface area contributed by atoms with E-state index in [1.165, 1.54) is 11.1 Å². The Bertz CT molecular complexity index is 214. The second-order valence-corrected chi connectivity index (χ2v) is 4.77. The van der Waals surface area contributed by atoms with Gasteiger partial charge in [0.05, 0.1) is 0 Å². The van der Waals surface area contributed by atoms with Crippen molar-refractivity contribution in [3.8, 4) is 0 Å². The predicted octanol–water partition coefficient (Wildman–Crippen LogP) is 2.27. The molecule has 84 valence electrons. The minimum absolute atomic E-state index is 0.134. The van der Waals surface area contributed by atoms with E-state index >= 15 is 0 Å². The molecule has 1 unspecified atom stereocenters.